The van der Waals surface area contributed by atoms with E-state index in [1.165, 1.54) is 40.9 Å². The summed E-state index contributed by atoms with van der Waals surface area (Å²) in [5.74, 6) is -0.962. The highest BCUT2D eigenvalue weighted by atomic mass is 32.1. The van der Waals surface area contributed by atoms with Crippen LogP contribution in [0.25, 0.3) is 21.4 Å². The number of amides is 1. The van der Waals surface area contributed by atoms with Crippen LogP contribution >= 0.6 is 11.3 Å². The van der Waals surface area contributed by atoms with Gasteiger partial charge in [-0.25, -0.2) is 9.78 Å². The van der Waals surface area contributed by atoms with Gasteiger partial charge in [0.1, 0.15) is 13.1 Å². The molecule has 0 radical (unpaired) electrons. The molecule has 178 valence electrons. The fourth-order valence-electron chi connectivity index (χ4n) is 3.72. The van der Waals surface area contributed by atoms with Crippen molar-refractivity contribution < 1.29 is 14.3 Å². The summed E-state index contributed by atoms with van der Waals surface area (Å²) in [5, 5.41) is 0. The lowest BCUT2D eigenvalue weighted by Crippen LogP contribution is -2.37. The number of ether oxygens (including phenoxy) is 1. The zero-order valence-corrected chi connectivity index (χ0v) is 20.1. The van der Waals surface area contributed by atoms with E-state index in [0.717, 1.165) is 26.8 Å². The Morgan fingerprint density at radius 3 is 2.59 bits per heavy atom. The number of hydrogen-bond donors (Lipinski definition) is 0. The van der Waals surface area contributed by atoms with Crippen molar-refractivity contribution in [3.8, 4) is 0 Å². The molecule has 0 bridgehead atoms. The van der Waals surface area contributed by atoms with Crippen molar-refractivity contribution in [2.75, 3.05) is 6.61 Å². The second kappa shape index (κ2) is 9.21. The Morgan fingerprint density at radius 1 is 1.12 bits per heavy atom. The highest BCUT2D eigenvalue weighted by Gasteiger charge is 2.17. The van der Waals surface area contributed by atoms with Crippen molar-refractivity contribution in [2.45, 2.75) is 33.4 Å². The van der Waals surface area contributed by atoms with Gasteiger partial charge in [-0.15, -0.1) is 0 Å². The summed E-state index contributed by atoms with van der Waals surface area (Å²) in [5.41, 5.74) is 1.17. The molecule has 12 heteroatoms. The maximum Gasteiger partial charge on any atom is 0.332 e. The lowest BCUT2D eigenvalue weighted by atomic mass is 10.2. The van der Waals surface area contributed by atoms with E-state index in [1.807, 2.05) is 25.1 Å². The molecule has 34 heavy (non-hydrogen) atoms. The summed E-state index contributed by atoms with van der Waals surface area (Å²) in [4.78, 5) is 58.6. The van der Waals surface area contributed by atoms with Crippen LogP contribution in [-0.2, 0) is 47.9 Å². The molecule has 0 saturated heterocycles. The minimum atomic E-state index is -0.547. The van der Waals surface area contributed by atoms with Crippen molar-refractivity contribution in [1.82, 2.24) is 23.3 Å². The van der Waals surface area contributed by atoms with Gasteiger partial charge in [-0.3, -0.25) is 23.5 Å². The molecule has 0 N–H and O–H groups in total. The molecule has 0 fully saturated rings. The van der Waals surface area contributed by atoms with Crippen LogP contribution in [0.15, 0.2) is 39.1 Å². The normalized spacial score (nSPS) is 12.1. The number of imidazole rings is 1. The monoisotopic (exact) mass is 484 g/mol. The number of aromatic nitrogens is 5. The topological polar surface area (TPSA) is 122 Å². The average molecular weight is 485 g/mol. The van der Waals surface area contributed by atoms with Crippen molar-refractivity contribution in [3.05, 3.63) is 55.7 Å². The van der Waals surface area contributed by atoms with E-state index in [0.29, 0.717) is 4.80 Å². The first-order valence-corrected chi connectivity index (χ1v) is 11.5. The van der Waals surface area contributed by atoms with Gasteiger partial charge < -0.3 is 13.9 Å². The Labute approximate surface area is 197 Å². The van der Waals surface area contributed by atoms with Crippen molar-refractivity contribution in [1.29, 1.82) is 0 Å². The summed E-state index contributed by atoms with van der Waals surface area (Å²) in [6.07, 6.45) is 2.19. The molecular weight excluding hydrogens is 460 g/mol. The number of thiazole rings is 1. The van der Waals surface area contributed by atoms with Gasteiger partial charge in [-0.1, -0.05) is 24.3 Å². The largest absolute Gasteiger partial charge is 0.465 e. The number of hydrogen-bond acceptors (Lipinski definition) is 7. The molecule has 3 aromatic heterocycles. The fraction of sp³-hybridized carbons (Fsp3) is 0.364. The second-order valence-corrected chi connectivity index (χ2v) is 8.70. The molecule has 0 spiro atoms. The van der Waals surface area contributed by atoms with Crippen LogP contribution in [0.3, 0.4) is 0 Å². The molecule has 0 aliphatic carbocycles. The van der Waals surface area contributed by atoms with E-state index in [4.69, 9.17) is 4.74 Å². The summed E-state index contributed by atoms with van der Waals surface area (Å²) < 4.78 is 11.2. The van der Waals surface area contributed by atoms with Crippen LogP contribution in [0.2, 0.25) is 0 Å². The SMILES string of the molecule is CCOC(=O)Cn1c(=NC(=O)Cn2cnc3c2c(=O)n(C)c(=O)n3C)sc2cc(CC)ccc21. The smallest absolute Gasteiger partial charge is 0.332 e. The number of nitrogens with zero attached hydrogens (tertiary/aromatic N) is 6. The summed E-state index contributed by atoms with van der Waals surface area (Å²) >= 11 is 1.30. The molecule has 0 aliphatic rings. The molecule has 1 aromatic carbocycles. The third kappa shape index (κ3) is 4.12. The van der Waals surface area contributed by atoms with Gasteiger partial charge in [0.05, 0.1) is 23.2 Å². The van der Waals surface area contributed by atoms with Gasteiger partial charge in [0.15, 0.2) is 16.0 Å². The minimum Gasteiger partial charge on any atom is -0.465 e. The van der Waals surface area contributed by atoms with Crippen LogP contribution in [0.4, 0.5) is 0 Å². The zero-order valence-electron chi connectivity index (χ0n) is 19.3. The molecular formula is C22H24N6O5S. The van der Waals surface area contributed by atoms with E-state index in [2.05, 4.69) is 9.98 Å². The van der Waals surface area contributed by atoms with E-state index in [-0.39, 0.29) is 30.9 Å². The van der Waals surface area contributed by atoms with Crippen LogP contribution < -0.4 is 16.1 Å². The van der Waals surface area contributed by atoms with Gasteiger partial charge in [0.2, 0.25) is 0 Å². The summed E-state index contributed by atoms with van der Waals surface area (Å²) in [6, 6.07) is 5.89. The van der Waals surface area contributed by atoms with Gasteiger partial charge >= 0.3 is 11.7 Å². The molecule has 11 nitrogen and oxygen atoms in total. The van der Waals surface area contributed by atoms with Gasteiger partial charge in [-0.05, 0) is 31.0 Å². The number of aryl methyl sites for hydroxylation is 2. The average Bonchev–Trinajstić information content (AvgIpc) is 3.37. The van der Waals surface area contributed by atoms with Crippen LogP contribution in [-0.4, -0.2) is 41.7 Å². The Bertz CT molecular complexity index is 1620. The van der Waals surface area contributed by atoms with Crippen LogP contribution in [0.1, 0.15) is 19.4 Å². The summed E-state index contributed by atoms with van der Waals surface area (Å²) in [6.45, 7) is 3.69. The van der Waals surface area contributed by atoms with Crippen LogP contribution in [0, 0.1) is 0 Å². The second-order valence-electron chi connectivity index (χ2n) is 7.69. The predicted octanol–water partition coefficient (Wildman–Crippen LogP) is 0.703. The Balaban J connectivity index is 1.78. The maximum absolute atomic E-state index is 12.9. The molecule has 1 amide bonds. The van der Waals surface area contributed by atoms with E-state index < -0.39 is 23.1 Å². The van der Waals surface area contributed by atoms with Gasteiger partial charge in [0.25, 0.3) is 11.5 Å². The quantitative estimate of drug-likeness (QED) is 0.371. The lowest BCUT2D eigenvalue weighted by molar-refractivity contribution is -0.143. The molecule has 4 aromatic rings. The molecule has 3 heterocycles. The maximum atomic E-state index is 12.9. The molecule has 4 rings (SSSR count). The van der Waals surface area contributed by atoms with Crippen molar-refractivity contribution in [3.63, 3.8) is 0 Å². The number of fused-ring (bicyclic) bond motifs is 2. The number of benzene rings is 1. The van der Waals surface area contributed by atoms with Gasteiger partial charge in [-0.2, -0.15) is 4.99 Å². The predicted molar refractivity (Wildman–Crippen MR) is 127 cm³/mol. The number of rotatable bonds is 6. The number of carbonyl (C=O) groups excluding carboxylic acids is 2. The zero-order chi connectivity index (χ0) is 24.6. The molecule has 0 saturated carbocycles. The Kier molecular flexibility index (Phi) is 6.33. The van der Waals surface area contributed by atoms with E-state index >= 15 is 0 Å². The number of carbonyl (C=O) groups is 2. The van der Waals surface area contributed by atoms with Crippen molar-refractivity contribution >= 4 is 44.6 Å². The van der Waals surface area contributed by atoms with E-state index in [9.17, 15) is 19.2 Å². The lowest BCUT2D eigenvalue weighted by Gasteiger charge is -2.06. The highest BCUT2D eigenvalue weighted by molar-refractivity contribution is 7.16. The minimum absolute atomic E-state index is 0.0813. The van der Waals surface area contributed by atoms with Crippen LogP contribution in [0.5, 0.6) is 0 Å². The van der Waals surface area contributed by atoms with E-state index in [1.54, 1.807) is 11.5 Å². The Hall–Kier alpha value is -3.80. The molecule has 0 unspecified atom stereocenters. The third-order valence-electron chi connectivity index (χ3n) is 5.49. The summed E-state index contributed by atoms with van der Waals surface area (Å²) in [7, 11) is 2.88. The first-order valence-electron chi connectivity index (χ1n) is 10.7. The van der Waals surface area contributed by atoms with Gasteiger partial charge in [0, 0.05) is 14.1 Å². The number of esters is 1. The Morgan fingerprint density at radius 2 is 1.88 bits per heavy atom. The van der Waals surface area contributed by atoms with Crippen molar-refractivity contribution in [2.24, 2.45) is 19.1 Å². The first-order chi connectivity index (χ1) is 16.2. The third-order valence-corrected chi connectivity index (χ3v) is 6.53. The fourth-order valence-corrected chi connectivity index (χ4v) is 4.83. The molecule has 0 atom stereocenters. The highest BCUT2D eigenvalue weighted by Crippen LogP contribution is 2.20. The first kappa shape index (κ1) is 23.4. The molecule has 0 aliphatic heterocycles. The standard InChI is InChI=1S/C22H24N6O5S/c1-5-13-7-8-14-15(9-13)34-21(28(14)11-17(30)33-6-2)24-16(29)10-27-12-23-19-18(27)20(31)26(4)22(32)25(19)3/h7-9,12H,5-6,10-11H2,1-4H3.